The number of nitrogens with two attached hydrogens (primary N) is 1. The number of nitrogens with zero attached hydrogens (tertiary/aromatic N) is 3. The Balaban J connectivity index is 2.00. The molecule has 0 saturated heterocycles. The molecule has 0 aliphatic rings. The molecule has 0 spiro atoms. The lowest BCUT2D eigenvalue weighted by atomic mass is 10.3. The van der Waals surface area contributed by atoms with Crippen molar-refractivity contribution in [3.8, 4) is 5.75 Å². The van der Waals surface area contributed by atoms with Crippen LogP contribution < -0.4 is 15.9 Å². The lowest BCUT2D eigenvalue weighted by Gasteiger charge is -2.12. The SMILES string of the molecule is COc1ccc(NC(=O)[C@@H](C)Sc2nncn2N)cc1Cl. The van der Waals surface area contributed by atoms with Gasteiger partial charge in [0, 0.05) is 5.69 Å². The molecule has 7 nitrogen and oxygen atoms in total. The van der Waals surface area contributed by atoms with E-state index in [0.29, 0.717) is 21.6 Å². The van der Waals surface area contributed by atoms with Gasteiger partial charge in [-0.25, -0.2) is 4.68 Å². The number of ether oxygens (including phenoxy) is 1. The first-order valence-corrected chi connectivity index (χ1v) is 7.23. The van der Waals surface area contributed by atoms with E-state index in [-0.39, 0.29) is 5.91 Å². The zero-order chi connectivity index (χ0) is 15.4. The lowest BCUT2D eigenvalue weighted by molar-refractivity contribution is -0.115. The minimum absolute atomic E-state index is 0.191. The second-order valence-corrected chi connectivity index (χ2v) is 5.83. The summed E-state index contributed by atoms with van der Waals surface area (Å²) in [6.07, 6.45) is 1.37. The van der Waals surface area contributed by atoms with E-state index in [9.17, 15) is 4.79 Å². The number of hydrogen-bond acceptors (Lipinski definition) is 6. The van der Waals surface area contributed by atoms with Gasteiger partial charge in [-0.15, -0.1) is 10.2 Å². The van der Waals surface area contributed by atoms with E-state index < -0.39 is 5.25 Å². The summed E-state index contributed by atoms with van der Waals surface area (Å²) >= 11 is 7.22. The van der Waals surface area contributed by atoms with Crippen molar-refractivity contribution in [2.45, 2.75) is 17.3 Å². The molecule has 1 amide bonds. The van der Waals surface area contributed by atoms with Crippen molar-refractivity contribution >= 4 is 35.0 Å². The van der Waals surface area contributed by atoms with Gasteiger partial charge in [0.2, 0.25) is 11.1 Å². The molecule has 2 aromatic rings. The number of anilines is 1. The van der Waals surface area contributed by atoms with Gasteiger partial charge in [-0.2, -0.15) is 0 Å². The minimum Gasteiger partial charge on any atom is -0.495 e. The Labute approximate surface area is 130 Å². The average molecular weight is 328 g/mol. The Kier molecular flexibility index (Phi) is 4.92. The maximum atomic E-state index is 12.1. The van der Waals surface area contributed by atoms with Crippen molar-refractivity contribution in [2.75, 3.05) is 18.3 Å². The zero-order valence-electron chi connectivity index (χ0n) is 11.4. The molecule has 3 N–H and O–H groups in total. The molecule has 2 rings (SSSR count). The second kappa shape index (κ2) is 6.68. The van der Waals surface area contributed by atoms with Crippen LogP contribution in [0, 0.1) is 0 Å². The van der Waals surface area contributed by atoms with Crippen molar-refractivity contribution in [2.24, 2.45) is 0 Å². The van der Waals surface area contributed by atoms with Gasteiger partial charge in [0.25, 0.3) is 0 Å². The van der Waals surface area contributed by atoms with Crippen molar-refractivity contribution < 1.29 is 9.53 Å². The number of benzene rings is 1. The van der Waals surface area contributed by atoms with Crippen LogP contribution in [0.1, 0.15) is 6.92 Å². The molecule has 9 heteroatoms. The summed E-state index contributed by atoms with van der Waals surface area (Å²) in [5.41, 5.74) is 0.590. The second-order valence-electron chi connectivity index (χ2n) is 4.12. The Morgan fingerprint density at radius 1 is 1.57 bits per heavy atom. The molecule has 1 aromatic carbocycles. The third-order valence-corrected chi connectivity index (χ3v) is 3.98. The number of carbonyl (C=O) groups is 1. The van der Waals surface area contributed by atoms with Crippen molar-refractivity contribution in [1.82, 2.24) is 14.9 Å². The van der Waals surface area contributed by atoms with E-state index in [0.717, 1.165) is 0 Å². The van der Waals surface area contributed by atoms with E-state index in [1.807, 2.05) is 0 Å². The van der Waals surface area contributed by atoms with Crippen LogP contribution in [0.15, 0.2) is 29.7 Å². The molecule has 1 atom stereocenters. The van der Waals surface area contributed by atoms with Gasteiger partial charge in [0.1, 0.15) is 12.1 Å². The number of aromatic nitrogens is 3. The van der Waals surface area contributed by atoms with Crippen LogP contribution in [-0.2, 0) is 4.79 Å². The lowest BCUT2D eigenvalue weighted by Crippen LogP contribution is -2.23. The van der Waals surface area contributed by atoms with E-state index in [1.165, 1.54) is 29.9 Å². The van der Waals surface area contributed by atoms with Crippen LogP contribution in [0.4, 0.5) is 5.69 Å². The first kappa shape index (κ1) is 15.5. The molecular weight excluding hydrogens is 314 g/mol. The highest BCUT2D eigenvalue weighted by atomic mass is 35.5. The molecule has 112 valence electrons. The summed E-state index contributed by atoms with van der Waals surface area (Å²) in [4.78, 5) is 12.1. The number of amides is 1. The van der Waals surface area contributed by atoms with E-state index >= 15 is 0 Å². The van der Waals surface area contributed by atoms with E-state index in [1.54, 1.807) is 25.1 Å². The highest BCUT2D eigenvalue weighted by Gasteiger charge is 2.18. The fourth-order valence-corrected chi connectivity index (χ4v) is 2.52. The number of hydrogen-bond donors (Lipinski definition) is 2. The summed E-state index contributed by atoms with van der Waals surface area (Å²) in [6, 6.07) is 5.03. The minimum atomic E-state index is -0.391. The quantitative estimate of drug-likeness (QED) is 0.642. The number of nitrogens with one attached hydrogen (secondary N) is 1. The monoisotopic (exact) mass is 327 g/mol. The zero-order valence-corrected chi connectivity index (χ0v) is 13.0. The largest absolute Gasteiger partial charge is 0.495 e. The smallest absolute Gasteiger partial charge is 0.237 e. The van der Waals surface area contributed by atoms with Crippen LogP contribution in [-0.4, -0.2) is 33.1 Å². The van der Waals surface area contributed by atoms with Crippen LogP contribution in [0.5, 0.6) is 5.75 Å². The van der Waals surface area contributed by atoms with Gasteiger partial charge in [0.15, 0.2) is 0 Å². The van der Waals surface area contributed by atoms with Gasteiger partial charge >= 0.3 is 0 Å². The molecule has 0 unspecified atom stereocenters. The molecule has 1 heterocycles. The summed E-state index contributed by atoms with van der Waals surface area (Å²) in [5.74, 6) is 5.96. The predicted molar refractivity (Wildman–Crippen MR) is 82.1 cm³/mol. The summed E-state index contributed by atoms with van der Waals surface area (Å²) in [7, 11) is 1.53. The highest BCUT2D eigenvalue weighted by molar-refractivity contribution is 8.00. The Morgan fingerprint density at radius 3 is 2.90 bits per heavy atom. The Hall–Kier alpha value is -1.93. The fourth-order valence-electron chi connectivity index (χ4n) is 1.52. The predicted octanol–water partition coefficient (Wildman–Crippen LogP) is 1.77. The Morgan fingerprint density at radius 2 is 2.33 bits per heavy atom. The fraction of sp³-hybridized carbons (Fsp3) is 0.250. The van der Waals surface area contributed by atoms with Crippen LogP contribution in [0.2, 0.25) is 5.02 Å². The number of nitrogen functional groups attached to an aromatic ring is 1. The number of rotatable bonds is 5. The highest BCUT2D eigenvalue weighted by Crippen LogP contribution is 2.28. The van der Waals surface area contributed by atoms with Gasteiger partial charge in [0.05, 0.1) is 17.4 Å². The van der Waals surface area contributed by atoms with Crippen molar-refractivity contribution in [3.05, 3.63) is 29.5 Å². The normalized spacial score (nSPS) is 12.0. The molecule has 1 aromatic heterocycles. The number of halogens is 1. The molecule has 0 saturated carbocycles. The van der Waals surface area contributed by atoms with E-state index in [4.69, 9.17) is 22.2 Å². The molecule has 0 aliphatic carbocycles. The van der Waals surface area contributed by atoms with Gasteiger partial charge in [-0.1, -0.05) is 23.4 Å². The maximum Gasteiger partial charge on any atom is 0.237 e. The number of methoxy groups -OCH3 is 1. The summed E-state index contributed by atoms with van der Waals surface area (Å²) in [6.45, 7) is 1.75. The van der Waals surface area contributed by atoms with Gasteiger partial charge in [-0.05, 0) is 25.1 Å². The van der Waals surface area contributed by atoms with Crippen LogP contribution in [0.25, 0.3) is 0 Å². The molecule has 0 radical (unpaired) electrons. The van der Waals surface area contributed by atoms with E-state index in [2.05, 4.69) is 15.5 Å². The van der Waals surface area contributed by atoms with Crippen LogP contribution in [0.3, 0.4) is 0 Å². The third-order valence-electron chi connectivity index (χ3n) is 2.61. The average Bonchev–Trinajstić information content (AvgIpc) is 2.84. The third kappa shape index (κ3) is 3.79. The summed E-state index contributed by atoms with van der Waals surface area (Å²) in [5, 5.41) is 10.7. The van der Waals surface area contributed by atoms with Gasteiger partial charge in [-0.3, -0.25) is 4.79 Å². The molecule has 0 aliphatic heterocycles. The van der Waals surface area contributed by atoms with Gasteiger partial charge < -0.3 is 15.9 Å². The topological polar surface area (TPSA) is 95.1 Å². The first-order valence-electron chi connectivity index (χ1n) is 5.97. The molecule has 0 bridgehead atoms. The maximum absolute atomic E-state index is 12.1. The molecule has 21 heavy (non-hydrogen) atoms. The standard InChI is InChI=1S/C12H14ClN5O2S/c1-7(21-12-17-15-6-18(12)14)11(19)16-8-3-4-10(20-2)9(13)5-8/h3-7H,14H2,1-2H3,(H,16,19)/t7-/m1/s1. The molecular formula is C12H14ClN5O2S. The van der Waals surface area contributed by atoms with Crippen molar-refractivity contribution in [1.29, 1.82) is 0 Å². The number of carbonyl (C=O) groups excluding carboxylic acids is 1. The summed E-state index contributed by atoms with van der Waals surface area (Å²) < 4.78 is 6.32. The number of thioether (sulfide) groups is 1. The Bertz CT molecular complexity index is 648. The van der Waals surface area contributed by atoms with Crippen molar-refractivity contribution in [3.63, 3.8) is 0 Å². The first-order chi connectivity index (χ1) is 10.0. The van der Waals surface area contributed by atoms with Crippen LogP contribution >= 0.6 is 23.4 Å². The molecule has 0 fully saturated rings.